The lowest BCUT2D eigenvalue weighted by Gasteiger charge is -2.24. The molecule has 8 heteroatoms. The lowest BCUT2D eigenvalue weighted by Crippen LogP contribution is -2.35. The van der Waals surface area contributed by atoms with Gasteiger partial charge in [0.25, 0.3) is 0 Å². The van der Waals surface area contributed by atoms with E-state index >= 15 is 0 Å². The minimum atomic E-state index is 0.186. The highest BCUT2D eigenvalue weighted by Crippen LogP contribution is 2.14. The zero-order valence-corrected chi connectivity index (χ0v) is 17.8. The molecule has 0 unspecified atom stereocenters. The molecule has 0 aliphatic heterocycles. The Morgan fingerprint density at radius 2 is 1.62 bits per heavy atom. The molecule has 0 atom stereocenters. The Bertz CT molecular complexity index is 553. The van der Waals surface area contributed by atoms with Crippen LogP contribution in [0, 0.1) is 11.8 Å². The second-order valence-corrected chi connectivity index (χ2v) is 8.53. The molecule has 1 heterocycles. The fourth-order valence-corrected chi connectivity index (χ4v) is 2.97. The van der Waals surface area contributed by atoms with Crippen molar-refractivity contribution in [2.75, 3.05) is 43.6 Å². The molecule has 0 saturated heterocycles. The third-order valence-electron chi connectivity index (χ3n) is 3.85. The van der Waals surface area contributed by atoms with Crippen LogP contribution in [0.15, 0.2) is 0 Å². The van der Waals surface area contributed by atoms with E-state index in [1.165, 1.54) is 11.8 Å². The highest BCUT2D eigenvalue weighted by Gasteiger charge is 2.15. The Balaban J connectivity index is 2.58. The maximum absolute atomic E-state index is 12.6. The summed E-state index contributed by atoms with van der Waals surface area (Å²) in [7, 11) is 3.72. The number of hydrogen-bond acceptors (Lipinski definition) is 7. The van der Waals surface area contributed by atoms with Gasteiger partial charge in [-0.25, -0.2) is 0 Å². The first-order valence-electron chi connectivity index (χ1n) is 9.22. The fraction of sp³-hybridized carbons (Fsp3) is 0.778. The number of amides is 1. The molecule has 0 radical (unpaired) electrons. The standard InChI is InChI=1S/C18H34N6OS/c1-13(2)7-9-24(10-8-14(3)4)16(25)12-26-11-15-20-17(19)22-18(21-15)23(5)6/h13-14H,7-12H2,1-6H3,(H2,19,20,21,22). The van der Waals surface area contributed by atoms with E-state index in [1.807, 2.05) is 19.0 Å². The summed E-state index contributed by atoms with van der Waals surface area (Å²) >= 11 is 1.52. The Morgan fingerprint density at radius 1 is 1.04 bits per heavy atom. The van der Waals surface area contributed by atoms with Crippen molar-refractivity contribution in [3.8, 4) is 0 Å². The summed E-state index contributed by atoms with van der Waals surface area (Å²) in [6, 6.07) is 0. The van der Waals surface area contributed by atoms with Crippen LogP contribution in [0.4, 0.5) is 11.9 Å². The molecule has 1 aromatic rings. The normalized spacial score (nSPS) is 11.2. The quantitative estimate of drug-likeness (QED) is 0.629. The van der Waals surface area contributed by atoms with Crippen molar-refractivity contribution < 1.29 is 4.79 Å². The van der Waals surface area contributed by atoms with Crippen LogP contribution in [0.2, 0.25) is 0 Å². The molecule has 148 valence electrons. The summed E-state index contributed by atoms with van der Waals surface area (Å²) in [5.41, 5.74) is 5.74. The average molecular weight is 383 g/mol. The van der Waals surface area contributed by atoms with E-state index in [9.17, 15) is 4.79 Å². The molecule has 7 nitrogen and oxygen atoms in total. The summed E-state index contributed by atoms with van der Waals surface area (Å²) in [5.74, 6) is 3.70. The summed E-state index contributed by atoms with van der Waals surface area (Å²) in [6.45, 7) is 10.4. The Kier molecular flexibility index (Phi) is 9.69. The average Bonchev–Trinajstić information content (AvgIpc) is 2.53. The van der Waals surface area contributed by atoms with E-state index in [1.54, 1.807) is 4.90 Å². The van der Waals surface area contributed by atoms with E-state index in [2.05, 4.69) is 42.6 Å². The number of thioether (sulfide) groups is 1. The van der Waals surface area contributed by atoms with Crippen LogP contribution in [0.3, 0.4) is 0 Å². The molecule has 0 aromatic carbocycles. The zero-order valence-electron chi connectivity index (χ0n) is 17.0. The van der Waals surface area contributed by atoms with E-state index < -0.39 is 0 Å². The van der Waals surface area contributed by atoms with Crippen molar-refractivity contribution in [3.05, 3.63) is 5.82 Å². The Morgan fingerprint density at radius 3 is 2.12 bits per heavy atom. The lowest BCUT2D eigenvalue weighted by atomic mass is 10.1. The van der Waals surface area contributed by atoms with Crippen molar-refractivity contribution in [1.29, 1.82) is 0 Å². The number of rotatable bonds is 11. The molecule has 2 N–H and O–H groups in total. The first-order valence-corrected chi connectivity index (χ1v) is 10.4. The number of nitrogens with zero attached hydrogens (tertiary/aromatic N) is 5. The summed E-state index contributed by atoms with van der Waals surface area (Å²) < 4.78 is 0. The largest absolute Gasteiger partial charge is 0.368 e. The van der Waals surface area contributed by atoms with Gasteiger partial charge in [-0.05, 0) is 24.7 Å². The van der Waals surface area contributed by atoms with E-state index in [0.29, 0.717) is 35.1 Å². The van der Waals surface area contributed by atoms with Crippen molar-refractivity contribution in [3.63, 3.8) is 0 Å². The van der Waals surface area contributed by atoms with E-state index in [0.717, 1.165) is 25.9 Å². The molecule has 0 saturated carbocycles. The molecule has 0 fully saturated rings. The number of nitrogen functional groups attached to an aromatic ring is 1. The van der Waals surface area contributed by atoms with Gasteiger partial charge in [0, 0.05) is 27.2 Å². The van der Waals surface area contributed by atoms with Gasteiger partial charge in [0.05, 0.1) is 11.5 Å². The first-order chi connectivity index (χ1) is 12.2. The van der Waals surface area contributed by atoms with Crippen LogP contribution in [0.5, 0.6) is 0 Å². The maximum atomic E-state index is 12.6. The van der Waals surface area contributed by atoms with Gasteiger partial charge in [-0.3, -0.25) is 4.79 Å². The minimum absolute atomic E-state index is 0.186. The number of anilines is 2. The van der Waals surface area contributed by atoms with Crippen LogP contribution in [0.25, 0.3) is 0 Å². The topological polar surface area (TPSA) is 88.2 Å². The minimum Gasteiger partial charge on any atom is -0.368 e. The number of hydrogen-bond donors (Lipinski definition) is 1. The molecule has 0 aliphatic carbocycles. The van der Waals surface area contributed by atoms with Crippen molar-refractivity contribution in [2.24, 2.45) is 11.8 Å². The third-order valence-corrected chi connectivity index (χ3v) is 4.76. The zero-order chi connectivity index (χ0) is 19.7. The molecule has 0 spiro atoms. The Labute approximate surface area is 162 Å². The SMILES string of the molecule is CC(C)CCN(CCC(C)C)C(=O)CSCc1nc(N)nc(N(C)C)n1. The fourth-order valence-electron chi connectivity index (χ4n) is 2.20. The Hall–Kier alpha value is -1.57. The predicted octanol–water partition coefficient (Wildman–Crippen LogP) is 2.67. The first kappa shape index (κ1) is 22.5. The van der Waals surface area contributed by atoms with Crippen LogP contribution in [0.1, 0.15) is 46.4 Å². The van der Waals surface area contributed by atoms with Gasteiger partial charge >= 0.3 is 0 Å². The van der Waals surface area contributed by atoms with E-state index in [4.69, 9.17) is 5.73 Å². The number of carbonyl (C=O) groups is 1. The summed E-state index contributed by atoms with van der Waals surface area (Å²) in [4.78, 5) is 29.0. The highest BCUT2D eigenvalue weighted by atomic mass is 32.2. The second-order valence-electron chi connectivity index (χ2n) is 7.54. The molecule has 0 bridgehead atoms. The number of aromatic nitrogens is 3. The molecule has 1 rings (SSSR count). The third kappa shape index (κ3) is 8.69. The van der Waals surface area contributed by atoms with Crippen LogP contribution >= 0.6 is 11.8 Å². The number of nitrogens with two attached hydrogens (primary N) is 1. The summed E-state index contributed by atoms with van der Waals surface area (Å²) in [5, 5.41) is 0. The predicted molar refractivity (Wildman–Crippen MR) is 110 cm³/mol. The van der Waals surface area contributed by atoms with Crippen molar-refractivity contribution >= 4 is 29.6 Å². The van der Waals surface area contributed by atoms with Gasteiger partial charge in [0.2, 0.25) is 17.8 Å². The van der Waals surface area contributed by atoms with Crippen LogP contribution < -0.4 is 10.6 Å². The van der Waals surface area contributed by atoms with Gasteiger partial charge in [-0.1, -0.05) is 27.7 Å². The van der Waals surface area contributed by atoms with Crippen LogP contribution in [-0.4, -0.2) is 58.7 Å². The van der Waals surface area contributed by atoms with Gasteiger partial charge in [-0.2, -0.15) is 15.0 Å². The monoisotopic (exact) mass is 382 g/mol. The van der Waals surface area contributed by atoms with E-state index in [-0.39, 0.29) is 11.9 Å². The summed E-state index contributed by atoms with van der Waals surface area (Å²) in [6.07, 6.45) is 2.06. The van der Waals surface area contributed by atoms with Crippen molar-refractivity contribution in [1.82, 2.24) is 19.9 Å². The molecular formula is C18H34N6OS. The van der Waals surface area contributed by atoms with Crippen molar-refractivity contribution in [2.45, 2.75) is 46.3 Å². The highest BCUT2D eigenvalue weighted by molar-refractivity contribution is 7.99. The maximum Gasteiger partial charge on any atom is 0.232 e. The molecule has 1 aromatic heterocycles. The second kappa shape index (κ2) is 11.2. The molecule has 26 heavy (non-hydrogen) atoms. The van der Waals surface area contributed by atoms with Gasteiger partial charge in [-0.15, -0.1) is 11.8 Å². The smallest absolute Gasteiger partial charge is 0.232 e. The van der Waals surface area contributed by atoms with Gasteiger partial charge in [0.15, 0.2) is 0 Å². The molecule has 1 amide bonds. The lowest BCUT2D eigenvalue weighted by molar-refractivity contribution is -0.128. The molecular weight excluding hydrogens is 348 g/mol. The molecule has 0 aliphatic rings. The van der Waals surface area contributed by atoms with Crippen LogP contribution in [-0.2, 0) is 10.5 Å². The number of carbonyl (C=O) groups excluding carboxylic acids is 1. The van der Waals surface area contributed by atoms with Gasteiger partial charge in [0.1, 0.15) is 5.82 Å². The van der Waals surface area contributed by atoms with Gasteiger partial charge < -0.3 is 15.5 Å².